The van der Waals surface area contributed by atoms with Crippen LogP contribution < -0.4 is 15.8 Å². The van der Waals surface area contributed by atoms with Crippen molar-refractivity contribution in [2.24, 2.45) is 0 Å². The lowest BCUT2D eigenvalue weighted by Crippen LogP contribution is -2.32. The first-order chi connectivity index (χ1) is 35.2. The summed E-state index contributed by atoms with van der Waals surface area (Å²) in [6, 6.07) is 14.8. The van der Waals surface area contributed by atoms with Crippen molar-refractivity contribution >= 4 is 118 Å². The second-order valence-corrected chi connectivity index (χ2v) is 24.0. The Kier molecular flexibility index (Phi) is 11.2. The summed E-state index contributed by atoms with van der Waals surface area (Å²) in [5.41, 5.74) is 3.07. The molecule has 4 aromatic carbocycles. The quantitative estimate of drug-likeness (QED) is 0.0927. The van der Waals surface area contributed by atoms with E-state index in [0.717, 1.165) is 36.4 Å². The minimum absolute atomic E-state index is 0.0485. The van der Waals surface area contributed by atoms with Crippen LogP contribution in [0.5, 0.6) is 0 Å². The zero-order chi connectivity index (χ0) is 53.3. The van der Waals surface area contributed by atoms with Crippen molar-refractivity contribution in [3.63, 3.8) is 0 Å². The highest BCUT2D eigenvalue weighted by Crippen LogP contribution is 2.42. The number of hydrogen-bond donors (Lipinski definition) is 9. The molecule has 2 aliphatic heterocycles. The van der Waals surface area contributed by atoms with E-state index in [2.05, 4.69) is 64.9 Å². The lowest BCUT2D eigenvalue weighted by atomic mass is 10.1. The average Bonchev–Trinajstić information content (AvgIpc) is 4.07. The lowest BCUT2D eigenvalue weighted by molar-refractivity contribution is 0.471. The Labute approximate surface area is 425 Å². The third kappa shape index (κ3) is 8.73. The van der Waals surface area contributed by atoms with E-state index in [1.807, 2.05) is 0 Å². The number of rotatable bonds is 9. The maximum absolute atomic E-state index is 14.8. The number of fused-ring (bicyclic) bond motifs is 20. The molecule has 0 saturated heterocycles. The van der Waals surface area contributed by atoms with Gasteiger partial charge >= 0.3 is 0 Å². The molecule has 3 aliphatic rings. The summed E-state index contributed by atoms with van der Waals surface area (Å²) in [6.07, 6.45) is 1.69. The standard InChI is InChI=1S/C41H27ClN14O14S5/c42-39-53-40(43)55-41(54-39)44-21-15-16(13-14-22(21)72(59,60)61)56-71(57,58)23-9-1-5-17-27(23)35-45-31(17)47-36-29-19(7-3-11-25(29)74(65,66)67)33(49-36)51-38-30-20(8-4-12-26(30)75(68,69)70)34(52-38)50-37-28-18(32(46-35)48-37)6-2-10-24(28)73(62,63)64/h1-13,15,22,56H,14H2,(H,59,60,61)(H,62,63,64)(H,65,66,67)(H,68,69,70)(H3,43,44,53,54,55)(H2,45,46,47,48,49,50,51,52). The van der Waals surface area contributed by atoms with Crippen molar-refractivity contribution in [2.45, 2.75) is 31.3 Å². The molecule has 28 nitrogen and oxygen atoms in total. The maximum atomic E-state index is 14.8. The van der Waals surface area contributed by atoms with Crippen LogP contribution in [0.4, 0.5) is 11.9 Å². The number of hydrogen-bond acceptors (Lipinski definition) is 21. The zero-order valence-corrected chi connectivity index (χ0v) is 41.6. The van der Waals surface area contributed by atoms with Crippen LogP contribution in [0.1, 0.15) is 6.42 Å². The topological polar surface area (TPSA) is 449 Å². The van der Waals surface area contributed by atoms with E-state index in [-0.39, 0.29) is 107 Å². The summed E-state index contributed by atoms with van der Waals surface area (Å²) in [4.78, 5) is 42.0. The minimum Gasteiger partial charge on any atom is -0.368 e. The van der Waals surface area contributed by atoms with Crippen LogP contribution in [0.25, 0.3) is 89.7 Å². The van der Waals surface area contributed by atoms with E-state index in [1.54, 1.807) is 0 Å². The average molecular weight is 1140 g/mol. The van der Waals surface area contributed by atoms with Gasteiger partial charge in [0.05, 0.1) is 16.0 Å². The predicted octanol–water partition coefficient (Wildman–Crippen LogP) is 3.85. The van der Waals surface area contributed by atoms with Crippen molar-refractivity contribution < 1.29 is 60.3 Å². The fourth-order valence-electron chi connectivity index (χ4n) is 8.64. The number of nitrogens with one attached hydrogen (secondary N) is 4. The van der Waals surface area contributed by atoms with Gasteiger partial charge in [-0.15, -0.1) is 0 Å². The summed E-state index contributed by atoms with van der Waals surface area (Å²) in [5.74, 6) is -2.33. The molecule has 10 N–H and O–H groups in total. The second-order valence-electron chi connectivity index (χ2n) is 16.3. The van der Waals surface area contributed by atoms with Crippen LogP contribution in [0.15, 0.2) is 116 Å². The minimum atomic E-state index is -5.08. The summed E-state index contributed by atoms with van der Waals surface area (Å²) >= 11 is 5.91. The molecule has 6 heterocycles. The van der Waals surface area contributed by atoms with Gasteiger partial charge in [0.25, 0.3) is 50.5 Å². The van der Waals surface area contributed by atoms with E-state index in [0.29, 0.717) is 0 Å². The van der Waals surface area contributed by atoms with Crippen LogP contribution >= 0.6 is 11.6 Å². The van der Waals surface area contributed by atoms with Gasteiger partial charge in [-0.05, 0) is 48.4 Å². The number of nitrogen functional groups attached to an aromatic ring is 1. The highest BCUT2D eigenvalue weighted by atomic mass is 35.5. The Bertz CT molecular complexity index is 4700. The summed E-state index contributed by atoms with van der Waals surface area (Å²) in [7, 11) is -24.9. The molecule has 1 atom stereocenters. The Hall–Kier alpha value is -7.99. The molecule has 34 heteroatoms. The third-order valence-electron chi connectivity index (χ3n) is 11.6. The van der Waals surface area contributed by atoms with E-state index >= 15 is 0 Å². The Morgan fingerprint density at radius 3 is 1.51 bits per heavy atom. The van der Waals surface area contributed by atoms with E-state index < -0.39 is 93.4 Å². The van der Waals surface area contributed by atoms with Crippen LogP contribution in [-0.4, -0.2) is 120 Å². The van der Waals surface area contributed by atoms with Gasteiger partial charge in [-0.1, -0.05) is 54.6 Å². The monoisotopic (exact) mass is 1130 g/mol. The smallest absolute Gasteiger partial charge is 0.295 e. The normalized spacial score (nSPS) is 15.0. The molecule has 1 aliphatic carbocycles. The molecule has 4 aromatic heterocycles. The number of halogens is 1. The summed E-state index contributed by atoms with van der Waals surface area (Å²) in [5, 5.41) is -0.122. The first kappa shape index (κ1) is 49.2. The molecule has 75 heavy (non-hydrogen) atoms. The van der Waals surface area contributed by atoms with Crippen molar-refractivity contribution in [1.82, 2.24) is 59.5 Å². The molecule has 0 radical (unpaired) electrons. The molecule has 0 spiro atoms. The van der Waals surface area contributed by atoms with Gasteiger partial charge in [-0.2, -0.15) is 48.6 Å². The predicted molar refractivity (Wildman–Crippen MR) is 265 cm³/mol. The highest BCUT2D eigenvalue weighted by Gasteiger charge is 2.34. The molecule has 382 valence electrons. The highest BCUT2D eigenvalue weighted by molar-refractivity contribution is 7.90. The number of aromatic nitrogens is 11. The number of sulfonamides is 1. The fourth-order valence-corrected chi connectivity index (χ4v) is 13.0. The van der Waals surface area contributed by atoms with Gasteiger partial charge in [0, 0.05) is 44.1 Å². The second kappa shape index (κ2) is 17.0. The Morgan fingerprint density at radius 2 is 1.01 bits per heavy atom. The number of benzene rings is 4. The lowest BCUT2D eigenvalue weighted by Gasteiger charge is -2.22. The van der Waals surface area contributed by atoms with Gasteiger partial charge in [-0.3, -0.25) is 22.9 Å². The van der Waals surface area contributed by atoms with Crippen LogP contribution in [0.2, 0.25) is 5.28 Å². The van der Waals surface area contributed by atoms with Gasteiger partial charge in [0.2, 0.25) is 17.2 Å². The first-order valence-corrected chi connectivity index (χ1v) is 28.5. The van der Waals surface area contributed by atoms with Crippen LogP contribution in [0.3, 0.4) is 0 Å². The van der Waals surface area contributed by atoms with E-state index in [4.69, 9.17) is 17.3 Å². The largest absolute Gasteiger partial charge is 0.368 e. The molecule has 8 aromatic rings. The first-order valence-electron chi connectivity index (χ1n) is 20.9. The van der Waals surface area contributed by atoms with Crippen LogP contribution in [-0.2, 0) is 50.5 Å². The van der Waals surface area contributed by atoms with Gasteiger partial charge in [-0.25, -0.2) is 38.3 Å². The molecular weight excluding hydrogens is 1110 g/mol. The fraction of sp³-hybridized carbons (Fsp3) is 0.0488. The summed E-state index contributed by atoms with van der Waals surface area (Å²) < 4.78 is 176. The maximum Gasteiger partial charge on any atom is 0.295 e. The zero-order valence-electron chi connectivity index (χ0n) is 36.8. The van der Waals surface area contributed by atoms with Crippen LogP contribution in [0, 0.1) is 0 Å². The number of nitrogens with two attached hydrogens (primary N) is 1. The number of allylic oxidation sites excluding steroid dienone is 2. The number of anilines is 2. The summed E-state index contributed by atoms with van der Waals surface area (Å²) in [6.45, 7) is 0. The van der Waals surface area contributed by atoms with Crippen molar-refractivity contribution in [1.29, 1.82) is 0 Å². The van der Waals surface area contributed by atoms with Crippen molar-refractivity contribution in [3.8, 4) is 45.6 Å². The molecule has 0 amide bonds. The molecule has 0 fully saturated rings. The van der Waals surface area contributed by atoms with Gasteiger partial charge in [0.15, 0.2) is 23.3 Å². The molecule has 0 saturated carbocycles. The number of aromatic amines is 2. The number of nitrogens with zero attached hydrogens (tertiary/aromatic N) is 9. The number of H-pyrrole nitrogens is 2. The Balaban J connectivity index is 1.22. The van der Waals surface area contributed by atoms with Gasteiger partial charge in [0.1, 0.15) is 42.5 Å². The molecule has 11 rings (SSSR count). The molecular formula is C41H27ClN14O14S5. The van der Waals surface area contributed by atoms with Crippen molar-refractivity contribution in [2.75, 3.05) is 11.1 Å². The Morgan fingerprint density at radius 1 is 0.547 bits per heavy atom. The molecule has 1 unspecified atom stereocenters. The third-order valence-corrected chi connectivity index (χ3v) is 17.1. The van der Waals surface area contributed by atoms with Crippen molar-refractivity contribution in [3.05, 3.63) is 102 Å². The SMILES string of the molecule is Nc1nc(Cl)nc(NC2=CC(NS(=O)(=O)c3cccc4c5nc6nc(nc7[nH]c(nc8nc(nc([nH]5)c34)-c3cccc(S(=O)(=O)O)c3-8)c3cccc(S(=O)(=O)O)c73)-c3cccc(S(=O)(=O)O)c3-6)=CCC2S(=O)(=O)O)n1. The van der Waals surface area contributed by atoms with Gasteiger partial charge < -0.3 is 21.0 Å². The molecule has 8 bridgehead atoms. The van der Waals surface area contributed by atoms with E-state index in [9.17, 15) is 60.3 Å². The van der Waals surface area contributed by atoms with E-state index in [1.165, 1.54) is 48.5 Å².